The molecule has 7 heteroatoms. The maximum Gasteiger partial charge on any atom is 0.326 e. The van der Waals surface area contributed by atoms with Gasteiger partial charge in [-0.25, -0.2) is 14.6 Å². The molecule has 0 radical (unpaired) electrons. The Morgan fingerprint density at radius 1 is 1.67 bits per heavy atom. The largest absolute Gasteiger partial charge is 0.480 e. The summed E-state index contributed by atoms with van der Waals surface area (Å²) >= 11 is 1.46. The summed E-state index contributed by atoms with van der Waals surface area (Å²) in [5, 5.41) is 14.5. The first-order valence-electron chi connectivity index (χ1n) is 5.79. The lowest BCUT2D eigenvalue weighted by Crippen LogP contribution is -2.46. The molecule has 0 aromatic carbocycles. The zero-order valence-corrected chi connectivity index (χ0v) is 10.8. The van der Waals surface area contributed by atoms with E-state index in [1.807, 2.05) is 12.3 Å². The minimum Gasteiger partial charge on any atom is -0.480 e. The molecule has 1 fully saturated rings. The van der Waals surface area contributed by atoms with Crippen molar-refractivity contribution < 1.29 is 14.7 Å². The second-order valence-corrected chi connectivity index (χ2v) is 5.16. The number of aromatic nitrogens is 1. The number of likely N-dealkylation sites (tertiary alicyclic amines) is 1. The second kappa shape index (κ2) is 5.34. The number of nitrogens with one attached hydrogen (secondary N) is 1. The van der Waals surface area contributed by atoms with Crippen LogP contribution in [0.1, 0.15) is 30.8 Å². The molecule has 1 aliphatic rings. The first-order chi connectivity index (χ1) is 8.59. The lowest BCUT2D eigenvalue weighted by molar-refractivity contribution is -0.141. The van der Waals surface area contributed by atoms with E-state index in [0.29, 0.717) is 13.0 Å². The predicted octanol–water partition coefficient (Wildman–Crippen LogP) is 1.46. The second-order valence-electron chi connectivity index (χ2n) is 4.23. The summed E-state index contributed by atoms with van der Waals surface area (Å²) in [4.78, 5) is 28.5. The van der Waals surface area contributed by atoms with Crippen LogP contribution >= 0.6 is 11.3 Å². The maximum absolute atomic E-state index is 12.0. The van der Waals surface area contributed by atoms with E-state index in [4.69, 9.17) is 5.11 Å². The molecule has 0 spiro atoms. The molecule has 2 atom stereocenters. The highest BCUT2D eigenvalue weighted by molar-refractivity contribution is 7.09. The number of nitrogens with zero attached hydrogens (tertiary/aromatic N) is 2. The Morgan fingerprint density at radius 3 is 3.06 bits per heavy atom. The van der Waals surface area contributed by atoms with Crippen molar-refractivity contribution >= 4 is 23.3 Å². The molecule has 6 nitrogen and oxygen atoms in total. The standard InChI is InChI=1S/C11H15N3O3S/c1-7(9-12-4-6-18-9)13-11(17)14-5-2-3-8(14)10(15)16/h4,6-8H,2-3,5H2,1H3,(H,13,17)(H,15,16). The molecule has 2 N–H and O–H groups in total. The van der Waals surface area contributed by atoms with E-state index in [9.17, 15) is 9.59 Å². The summed E-state index contributed by atoms with van der Waals surface area (Å²) in [6, 6.07) is -1.23. The van der Waals surface area contributed by atoms with Gasteiger partial charge in [-0.2, -0.15) is 0 Å². The molecule has 18 heavy (non-hydrogen) atoms. The lowest BCUT2D eigenvalue weighted by Gasteiger charge is -2.23. The van der Waals surface area contributed by atoms with Crippen molar-refractivity contribution in [3.8, 4) is 0 Å². The van der Waals surface area contributed by atoms with E-state index in [2.05, 4.69) is 10.3 Å². The number of urea groups is 1. The van der Waals surface area contributed by atoms with Crippen molar-refractivity contribution in [2.75, 3.05) is 6.54 Å². The molecule has 2 rings (SSSR count). The third kappa shape index (κ3) is 2.61. The van der Waals surface area contributed by atoms with Gasteiger partial charge in [0.25, 0.3) is 0 Å². The summed E-state index contributed by atoms with van der Waals surface area (Å²) in [6.45, 7) is 2.33. The van der Waals surface area contributed by atoms with Crippen LogP contribution < -0.4 is 5.32 Å². The number of thiazole rings is 1. The van der Waals surface area contributed by atoms with Gasteiger partial charge in [-0.1, -0.05) is 0 Å². The third-order valence-electron chi connectivity index (χ3n) is 2.96. The van der Waals surface area contributed by atoms with E-state index < -0.39 is 12.0 Å². The minimum atomic E-state index is -0.940. The maximum atomic E-state index is 12.0. The number of amides is 2. The summed E-state index contributed by atoms with van der Waals surface area (Å²) < 4.78 is 0. The van der Waals surface area contributed by atoms with Gasteiger partial charge in [-0.3, -0.25) is 0 Å². The Labute approximate surface area is 109 Å². The van der Waals surface area contributed by atoms with Crippen LogP contribution in [0.4, 0.5) is 4.79 Å². The van der Waals surface area contributed by atoms with Gasteiger partial charge in [0.15, 0.2) is 0 Å². The van der Waals surface area contributed by atoms with E-state index in [1.54, 1.807) is 6.20 Å². The van der Waals surface area contributed by atoms with Crippen LogP contribution in [0.5, 0.6) is 0 Å². The Hall–Kier alpha value is -1.63. The number of aliphatic carboxylic acids is 1. The van der Waals surface area contributed by atoms with Crippen molar-refractivity contribution in [3.63, 3.8) is 0 Å². The number of rotatable bonds is 3. The minimum absolute atomic E-state index is 0.201. The van der Waals surface area contributed by atoms with Crippen LogP contribution in [0.3, 0.4) is 0 Å². The molecule has 1 aromatic heterocycles. The molecule has 1 aliphatic heterocycles. The third-order valence-corrected chi connectivity index (χ3v) is 3.92. The van der Waals surface area contributed by atoms with Gasteiger partial charge in [0.1, 0.15) is 11.0 Å². The molecule has 2 heterocycles. The number of carbonyl (C=O) groups is 2. The molecule has 0 aliphatic carbocycles. The average Bonchev–Trinajstić information content (AvgIpc) is 3.00. The van der Waals surface area contributed by atoms with Crippen LogP contribution in [0.2, 0.25) is 0 Å². The van der Waals surface area contributed by atoms with Crippen LogP contribution in [-0.4, -0.2) is 39.6 Å². The molecular weight excluding hydrogens is 254 g/mol. The highest BCUT2D eigenvalue weighted by Crippen LogP contribution is 2.20. The number of carboxylic acid groups (broad SMARTS) is 1. The molecule has 2 amide bonds. The van der Waals surface area contributed by atoms with Gasteiger partial charge in [-0.15, -0.1) is 11.3 Å². The van der Waals surface area contributed by atoms with Gasteiger partial charge in [0.05, 0.1) is 6.04 Å². The smallest absolute Gasteiger partial charge is 0.326 e. The van der Waals surface area contributed by atoms with Crippen molar-refractivity contribution in [2.45, 2.75) is 31.8 Å². The number of hydrogen-bond acceptors (Lipinski definition) is 4. The highest BCUT2D eigenvalue weighted by atomic mass is 32.1. The Morgan fingerprint density at radius 2 is 2.44 bits per heavy atom. The first-order valence-corrected chi connectivity index (χ1v) is 6.67. The van der Waals surface area contributed by atoms with Crippen LogP contribution in [0, 0.1) is 0 Å². The normalized spacial score (nSPS) is 20.7. The van der Waals surface area contributed by atoms with Crippen molar-refractivity contribution in [2.24, 2.45) is 0 Å². The molecule has 1 saturated heterocycles. The topological polar surface area (TPSA) is 82.5 Å². The van der Waals surface area contributed by atoms with Crippen LogP contribution in [0.25, 0.3) is 0 Å². The van der Waals surface area contributed by atoms with Crippen LogP contribution in [-0.2, 0) is 4.79 Å². The predicted molar refractivity (Wildman–Crippen MR) is 66.4 cm³/mol. The number of hydrogen-bond donors (Lipinski definition) is 2. The highest BCUT2D eigenvalue weighted by Gasteiger charge is 2.34. The number of carboxylic acids is 1. The van der Waals surface area contributed by atoms with E-state index in [-0.39, 0.29) is 12.1 Å². The summed E-state index contributed by atoms with van der Waals surface area (Å²) in [7, 11) is 0. The van der Waals surface area contributed by atoms with E-state index >= 15 is 0 Å². The zero-order valence-electron chi connectivity index (χ0n) is 10.00. The van der Waals surface area contributed by atoms with Crippen molar-refractivity contribution in [1.82, 2.24) is 15.2 Å². The summed E-state index contributed by atoms with van der Waals surface area (Å²) in [6.07, 6.45) is 2.93. The fourth-order valence-electron chi connectivity index (χ4n) is 2.04. The van der Waals surface area contributed by atoms with E-state index in [1.165, 1.54) is 16.2 Å². The molecular formula is C11H15N3O3S. The average molecular weight is 269 g/mol. The Bertz CT molecular complexity index is 435. The zero-order chi connectivity index (χ0) is 13.1. The number of carbonyl (C=O) groups excluding carboxylic acids is 1. The summed E-state index contributed by atoms with van der Waals surface area (Å²) in [5.74, 6) is -0.940. The first kappa shape index (κ1) is 12.8. The molecule has 2 unspecified atom stereocenters. The van der Waals surface area contributed by atoms with Gasteiger partial charge in [-0.05, 0) is 19.8 Å². The molecule has 0 bridgehead atoms. The lowest BCUT2D eigenvalue weighted by atomic mass is 10.2. The van der Waals surface area contributed by atoms with Gasteiger partial charge in [0, 0.05) is 18.1 Å². The molecule has 0 saturated carbocycles. The van der Waals surface area contributed by atoms with Crippen LogP contribution in [0.15, 0.2) is 11.6 Å². The molecule has 98 valence electrons. The van der Waals surface area contributed by atoms with Gasteiger partial charge >= 0.3 is 12.0 Å². The van der Waals surface area contributed by atoms with Gasteiger partial charge < -0.3 is 15.3 Å². The Kier molecular flexibility index (Phi) is 3.81. The van der Waals surface area contributed by atoms with E-state index in [0.717, 1.165) is 11.4 Å². The fourth-order valence-corrected chi connectivity index (χ4v) is 2.69. The Balaban J connectivity index is 1.97. The SMILES string of the molecule is CC(NC(=O)N1CCCC1C(=O)O)c1nccs1. The quantitative estimate of drug-likeness (QED) is 0.870. The molecule has 1 aromatic rings. The van der Waals surface area contributed by atoms with Crippen molar-refractivity contribution in [3.05, 3.63) is 16.6 Å². The monoisotopic (exact) mass is 269 g/mol. The fraction of sp³-hybridized carbons (Fsp3) is 0.545. The summed E-state index contributed by atoms with van der Waals surface area (Å²) in [5.41, 5.74) is 0. The van der Waals surface area contributed by atoms with Crippen molar-refractivity contribution in [1.29, 1.82) is 0 Å². The van der Waals surface area contributed by atoms with Gasteiger partial charge in [0.2, 0.25) is 0 Å².